The molecule has 4 aromatic rings. The van der Waals surface area contributed by atoms with Crippen molar-refractivity contribution in [3.63, 3.8) is 0 Å². The Hall–Kier alpha value is -2.97. The summed E-state index contributed by atoms with van der Waals surface area (Å²) in [4.78, 5) is 6.86. The summed E-state index contributed by atoms with van der Waals surface area (Å²) in [7, 11) is -3.63. The number of rotatable bonds is 7. The Kier molecular flexibility index (Phi) is 7.02. The number of pyridine rings is 1. The fourth-order valence-corrected chi connectivity index (χ4v) is 6.02. The molecule has 5 rings (SSSR count). The molecule has 1 aromatic heterocycles. The van der Waals surface area contributed by atoms with Gasteiger partial charge >= 0.3 is 0 Å². The number of benzene rings is 3. The van der Waals surface area contributed by atoms with Crippen LogP contribution >= 0.6 is 11.6 Å². The van der Waals surface area contributed by atoms with Crippen molar-refractivity contribution in [2.24, 2.45) is 0 Å². The summed E-state index contributed by atoms with van der Waals surface area (Å²) >= 11 is 5.97. The fraction of sp³-hybridized carbons (Fsp3) is 0.222. The van der Waals surface area contributed by atoms with Gasteiger partial charge in [-0.05, 0) is 35.9 Å². The summed E-state index contributed by atoms with van der Waals surface area (Å²) in [6.45, 7) is 3.30. The Morgan fingerprint density at radius 3 is 2.40 bits per heavy atom. The Balaban J connectivity index is 1.24. The van der Waals surface area contributed by atoms with E-state index in [1.54, 1.807) is 22.6 Å². The fourth-order valence-electron chi connectivity index (χ4n) is 4.31. The predicted molar refractivity (Wildman–Crippen MR) is 138 cm³/mol. The van der Waals surface area contributed by atoms with Gasteiger partial charge in [-0.1, -0.05) is 60.1 Å². The average Bonchev–Trinajstić information content (AvgIpc) is 2.89. The first-order valence-electron chi connectivity index (χ1n) is 11.5. The maximum absolute atomic E-state index is 13.4. The molecule has 1 aliphatic rings. The number of para-hydroxylation sites is 2. The molecule has 0 amide bonds. The van der Waals surface area contributed by atoms with Crippen molar-refractivity contribution in [1.29, 1.82) is 0 Å². The molecular formula is C27H26ClN3O3S. The molecule has 1 saturated heterocycles. The third kappa shape index (κ3) is 5.33. The minimum absolute atomic E-state index is 0.269. The van der Waals surface area contributed by atoms with Crippen molar-refractivity contribution in [2.45, 2.75) is 18.0 Å². The molecular weight excluding hydrogens is 482 g/mol. The van der Waals surface area contributed by atoms with Gasteiger partial charge < -0.3 is 4.74 Å². The van der Waals surface area contributed by atoms with Crippen LogP contribution in [0.2, 0.25) is 5.02 Å². The highest BCUT2D eigenvalue weighted by atomic mass is 35.5. The molecule has 0 atom stereocenters. The zero-order valence-corrected chi connectivity index (χ0v) is 20.8. The highest BCUT2D eigenvalue weighted by Gasteiger charge is 2.30. The molecule has 180 valence electrons. The van der Waals surface area contributed by atoms with Crippen LogP contribution in [0.3, 0.4) is 0 Å². The smallest absolute Gasteiger partial charge is 0.245 e. The van der Waals surface area contributed by atoms with Crippen LogP contribution in [0.4, 0.5) is 0 Å². The second-order valence-corrected chi connectivity index (χ2v) is 10.9. The van der Waals surface area contributed by atoms with Gasteiger partial charge in [0, 0.05) is 54.9 Å². The second kappa shape index (κ2) is 10.3. The van der Waals surface area contributed by atoms with Crippen molar-refractivity contribution in [3.8, 4) is 5.75 Å². The summed E-state index contributed by atoms with van der Waals surface area (Å²) in [5.41, 5.74) is 2.64. The third-order valence-electron chi connectivity index (χ3n) is 6.22. The van der Waals surface area contributed by atoms with Gasteiger partial charge in [-0.25, -0.2) is 8.42 Å². The average molecular weight is 508 g/mol. The summed E-state index contributed by atoms with van der Waals surface area (Å²) in [5.74, 6) is 0.833. The second-order valence-electron chi connectivity index (χ2n) is 8.53. The quantitative estimate of drug-likeness (QED) is 0.353. The number of piperazine rings is 1. The van der Waals surface area contributed by atoms with E-state index < -0.39 is 10.0 Å². The number of fused-ring (bicyclic) bond motifs is 1. The first-order valence-corrected chi connectivity index (χ1v) is 13.3. The van der Waals surface area contributed by atoms with Crippen molar-refractivity contribution >= 4 is 32.5 Å². The standard InChI is InChI=1S/C27H26ClN3O3S/c28-24-12-10-21(11-13-24)20-34-25-8-2-1-5-23(25)19-30-15-17-31(18-16-30)35(32,33)26-9-3-6-22-7-4-14-29-27(22)26/h1-14H,15-20H2. The van der Waals surface area contributed by atoms with Crippen LogP contribution in [0.25, 0.3) is 10.9 Å². The molecule has 1 aliphatic heterocycles. The molecule has 0 N–H and O–H groups in total. The van der Waals surface area contributed by atoms with E-state index in [2.05, 4.69) is 16.0 Å². The Morgan fingerprint density at radius 2 is 1.60 bits per heavy atom. The van der Waals surface area contributed by atoms with E-state index >= 15 is 0 Å². The van der Waals surface area contributed by atoms with Crippen LogP contribution in [0.1, 0.15) is 11.1 Å². The zero-order valence-electron chi connectivity index (χ0n) is 19.2. The van der Waals surface area contributed by atoms with E-state index in [1.165, 1.54) is 0 Å². The molecule has 8 heteroatoms. The molecule has 6 nitrogen and oxygen atoms in total. The lowest BCUT2D eigenvalue weighted by Crippen LogP contribution is -2.48. The molecule has 0 spiro atoms. The van der Waals surface area contributed by atoms with Crippen LogP contribution < -0.4 is 4.74 Å². The van der Waals surface area contributed by atoms with Gasteiger partial charge in [-0.2, -0.15) is 4.31 Å². The number of halogens is 1. The number of sulfonamides is 1. The topological polar surface area (TPSA) is 62.7 Å². The van der Waals surface area contributed by atoms with E-state index in [0.29, 0.717) is 49.9 Å². The van der Waals surface area contributed by atoms with Gasteiger partial charge in [0.2, 0.25) is 10.0 Å². The number of ether oxygens (including phenoxy) is 1. The van der Waals surface area contributed by atoms with Gasteiger partial charge in [-0.15, -0.1) is 0 Å². The largest absolute Gasteiger partial charge is 0.489 e. The molecule has 0 radical (unpaired) electrons. The van der Waals surface area contributed by atoms with Crippen LogP contribution in [0, 0.1) is 0 Å². The number of hydrogen-bond donors (Lipinski definition) is 0. The molecule has 0 aliphatic carbocycles. The first-order chi connectivity index (χ1) is 17.0. The Bertz CT molecular complexity index is 1410. The first kappa shape index (κ1) is 23.8. The molecule has 35 heavy (non-hydrogen) atoms. The van der Waals surface area contributed by atoms with Crippen LogP contribution in [0.15, 0.2) is 90.0 Å². The zero-order chi connectivity index (χ0) is 24.3. The predicted octanol–water partition coefficient (Wildman–Crippen LogP) is 4.97. The van der Waals surface area contributed by atoms with E-state index in [0.717, 1.165) is 22.3 Å². The number of nitrogens with zero attached hydrogens (tertiary/aromatic N) is 3. The minimum Gasteiger partial charge on any atom is -0.489 e. The number of aromatic nitrogens is 1. The highest BCUT2D eigenvalue weighted by molar-refractivity contribution is 7.89. The lowest BCUT2D eigenvalue weighted by Gasteiger charge is -2.34. The summed E-state index contributed by atoms with van der Waals surface area (Å²) in [6, 6.07) is 24.6. The van der Waals surface area contributed by atoms with Gasteiger partial charge in [0.1, 0.15) is 17.3 Å². The van der Waals surface area contributed by atoms with E-state index in [-0.39, 0.29) is 4.90 Å². The monoisotopic (exact) mass is 507 g/mol. The van der Waals surface area contributed by atoms with Crippen molar-refractivity contribution in [1.82, 2.24) is 14.2 Å². The van der Waals surface area contributed by atoms with Crippen molar-refractivity contribution in [3.05, 3.63) is 101 Å². The van der Waals surface area contributed by atoms with Gasteiger partial charge in [0.15, 0.2) is 0 Å². The molecule has 0 unspecified atom stereocenters. The lowest BCUT2D eigenvalue weighted by atomic mass is 10.1. The molecule has 0 bridgehead atoms. The molecule has 3 aromatic carbocycles. The van der Waals surface area contributed by atoms with E-state index in [9.17, 15) is 8.42 Å². The summed E-state index contributed by atoms with van der Waals surface area (Å²) < 4.78 is 34.5. The number of hydrogen-bond acceptors (Lipinski definition) is 5. The van der Waals surface area contributed by atoms with Gasteiger partial charge in [0.25, 0.3) is 0 Å². The van der Waals surface area contributed by atoms with Gasteiger partial charge in [0.05, 0.1) is 5.52 Å². The maximum Gasteiger partial charge on any atom is 0.245 e. The summed E-state index contributed by atoms with van der Waals surface area (Å²) in [6.07, 6.45) is 1.63. The minimum atomic E-state index is -3.63. The van der Waals surface area contributed by atoms with Crippen LogP contribution in [0.5, 0.6) is 5.75 Å². The van der Waals surface area contributed by atoms with E-state index in [1.807, 2.05) is 60.7 Å². The lowest BCUT2D eigenvalue weighted by molar-refractivity contribution is 0.178. The molecule has 1 fully saturated rings. The SMILES string of the molecule is O=S(=O)(c1cccc2cccnc12)N1CCN(Cc2ccccc2OCc2ccc(Cl)cc2)CC1. The van der Waals surface area contributed by atoms with Crippen LogP contribution in [-0.2, 0) is 23.2 Å². The van der Waals surface area contributed by atoms with E-state index in [4.69, 9.17) is 16.3 Å². The summed E-state index contributed by atoms with van der Waals surface area (Å²) in [5, 5.41) is 1.52. The van der Waals surface area contributed by atoms with Crippen LogP contribution in [-0.4, -0.2) is 48.8 Å². The van der Waals surface area contributed by atoms with Crippen molar-refractivity contribution < 1.29 is 13.2 Å². The highest BCUT2D eigenvalue weighted by Crippen LogP contribution is 2.26. The van der Waals surface area contributed by atoms with Gasteiger partial charge in [-0.3, -0.25) is 9.88 Å². The molecule has 2 heterocycles. The normalized spacial score (nSPS) is 15.3. The Morgan fingerprint density at radius 1 is 0.857 bits per heavy atom. The Labute approximate surface area is 210 Å². The molecule has 0 saturated carbocycles. The van der Waals surface area contributed by atoms with Crippen molar-refractivity contribution in [2.75, 3.05) is 26.2 Å². The maximum atomic E-state index is 13.4. The third-order valence-corrected chi connectivity index (χ3v) is 8.40.